The van der Waals surface area contributed by atoms with Crippen molar-refractivity contribution < 1.29 is 9.47 Å². The van der Waals surface area contributed by atoms with Crippen molar-refractivity contribution in [1.82, 2.24) is 0 Å². The monoisotopic (exact) mass is 240 g/mol. The van der Waals surface area contributed by atoms with Crippen molar-refractivity contribution >= 4 is 6.08 Å². The Balaban J connectivity index is 1.84. The predicted molar refractivity (Wildman–Crippen MR) is 73.3 cm³/mol. The summed E-state index contributed by atoms with van der Waals surface area (Å²) in [6, 6.07) is 17.9. The fraction of sp³-hybridized carbons (Fsp3) is 0.125. The molecule has 0 unspecified atom stereocenters. The Kier molecular flexibility index (Phi) is 4.42. The maximum atomic E-state index is 5.47. The van der Waals surface area contributed by atoms with Gasteiger partial charge in [-0.15, -0.1) is 0 Å². The number of benzene rings is 2. The second kappa shape index (κ2) is 6.50. The van der Waals surface area contributed by atoms with Crippen molar-refractivity contribution in [3.8, 4) is 5.75 Å². The zero-order chi connectivity index (χ0) is 12.6. The fourth-order valence-corrected chi connectivity index (χ4v) is 1.56. The Bertz CT molecular complexity index is 486. The minimum Gasteiger partial charge on any atom is -0.497 e. The summed E-state index contributed by atoms with van der Waals surface area (Å²) in [6.07, 6.45) is 3.65. The third-order valence-electron chi connectivity index (χ3n) is 2.57. The second-order valence-corrected chi connectivity index (χ2v) is 3.87. The smallest absolute Gasteiger partial charge is 0.118 e. The van der Waals surface area contributed by atoms with E-state index in [-0.39, 0.29) is 0 Å². The van der Waals surface area contributed by atoms with Gasteiger partial charge in [0, 0.05) is 0 Å². The number of ether oxygens (including phenoxy) is 2. The lowest BCUT2D eigenvalue weighted by Gasteiger charge is -2.01. The van der Waals surface area contributed by atoms with Crippen molar-refractivity contribution in [3.63, 3.8) is 0 Å². The van der Waals surface area contributed by atoms with Crippen LogP contribution >= 0.6 is 0 Å². The van der Waals surface area contributed by atoms with E-state index < -0.39 is 0 Å². The Morgan fingerprint density at radius 2 is 1.67 bits per heavy atom. The normalized spacial score (nSPS) is 10.5. The van der Waals surface area contributed by atoms with E-state index in [2.05, 4.69) is 0 Å². The van der Waals surface area contributed by atoms with Gasteiger partial charge in [0.25, 0.3) is 0 Å². The summed E-state index contributed by atoms with van der Waals surface area (Å²) in [5, 5.41) is 0. The highest BCUT2D eigenvalue weighted by atomic mass is 16.5. The first-order valence-corrected chi connectivity index (χ1v) is 5.84. The molecule has 2 heteroatoms. The molecule has 18 heavy (non-hydrogen) atoms. The molecule has 0 aromatic heterocycles. The van der Waals surface area contributed by atoms with Gasteiger partial charge < -0.3 is 9.47 Å². The molecule has 0 saturated heterocycles. The van der Waals surface area contributed by atoms with Gasteiger partial charge in [0.15, 0.2) is 0 Å². The first-order chi connectivity index (χ1) is 8.88. The van der Waals surface area contributed by atoms with Crippen LogP contribution in [0, 0.1) is 0 Å². The maximum absolute atomic E-state index is 5.47. The lowest BCUT2D eigenvalue weighted by Crippen LogP contribution is -1.85. The number of hydrogen-bond donors (Lipinski definition) is 0. The molecule has 0 spiro atoms. The predicted octanol–water partition coefficient (Wildman–Crippen LogP) is 3.88. The minimum atomic E-state index is 0.591. The van der Waals surface area contributed by atoms with E-state index in [1.807, 2.05) is 60.7 Å². The molecule has 0 atom stereocenters. The minimum absolute atomic E-state index is 0.591. The fourth-order valence-electron chi connectivity index (χ4n) is 1.56. The molecule has 0 fully saturated rings. The van der Waals surface area contributed by atoms with Crippen molar-refractivity contribution in [2.45, 2.75) is 6.61 Å². The number of methoxy groups -OCH3 is 1. The van der Waals surface area contributed by atoms with Crippen molar-refractivity contribution in [2.24, 2.45) is 0 Å². The van der Waals surface area contributed by atoms with Crippen LogP contribution in [0.2, 0.25) is 0 Å². The van der Waals surface area contributed by atoms with Gasteiger partial charge in [-0.05, 0) is 29.3 Å². The van der Waals surface area contributed by atoms with Gasteiger partial charge in [-0.1, -0.05) is 42.5 Å². The summed E-state index contributed by atoms with van der Waals surface area (Å²) in [4.78, 5) is 0. The molecule has 0 aliphatic heterocycles. The molecule has 0 saturated carbocycles. The zero-order valence-corrected chi connectivity index (χ0v) is 10.4. The summed E-state index contributed by atoms with van der Waals surface area (Å²) >= 11 is 0. The Labute approximate surface area is 107 Å². The molecular formula is C16H16O2. The van der Waals surface area contributed by atoms with Crippen molar-refractivity contribution in [2.75, 3.05) is 7.11 Å². The summed E-state index contributed by atoms with van der Waals surface area (Å²) in [6.45, 7) is 0.591. The molecule has 2 nitrogen and oxygen atoms in total. The van der Waals surface area contributed by atoms with Crippen molar-refractivity contribution in [3.05, 3.63) is 72.0 Å². The van der Waals surface area contributed by atoms with Crippen LogP contribution in [0.25, 0.3) is 6.08 Å². The summed E-state index contributed by atoms with van der Waals surface area (Å²) in [5.74, 6) is 0.859. The zero-order valence-electron chi connectivity index (χ0n) is 10.4. The van der Waals surface area contributed by atoms with Gasteiger partial charge in [0.05, 0.1) is 13.4 Å². The van der Waals surface area contributed by atoms with E-state index in [0.29, 0.717) is 6.61 Å². The first kappa shape index (κ1) is 12.2. The molecule has 0 bridgehead atoms. The maximum Gasteiger partial charge on any atom is 0.118 e. The molecular weight excluding hydrogens is 224 g/mol. The van der Waals surface area contributed by atoms with Gasteiger partial charge in [0.2, 0.25) is 0 Å². The highest BCUT2D eigenvalue weighted by Gasteiger charge is 1.91. The third kappa shape index (κ3) is 3.67. The lowest BCUT2D eigenvalue weighted by atomic mass is 10.2. The second-order valence-electron chi connectivity index (χ2n) is 3.87. The summed E-state index contributed by atoms with van der Waals surface area (Å²) in [7, 11) is 1.66. The average Bonchev–Trinajstić information content (AvgIpc) is 2.45. The highest BCUT2D eigenvalue weighted by Crippen LogP contribution is 2.12. The van der Waals surface area contributed by atoms with E-state index in [0.717, 1.165) is 16.9 Å². The van der Waals surface area contributed by atoms with Crippen LogP contribution in [-0.4, -0.2) is 7.11 Å². The molecule has 0 heterocycles. The largest absolute Gasteiger partial charge is 0.497 e. The highest BCUT2D eigenvalue weighted by molar-refractivity contribution is 5.49. The van der Waals surface area contributed by atoms with E-state index in [1.165, 1.54) is 0 Å². The van der Waals surface area contributed by atoms with Gasteiger partial charge in [-0.3, -0.25) is 0 Å². The van der Waals surface area contributed by atoms with E-state index >= 15 is 0 Å². The van der Waals surface area contributed by atoms with Crippen LogP contribution in [0.15, 0.2) is 60.9 Å². The molecule has 92 valence electrons. The Morgan fingerprint density at radius 1 is 0.944 bits per heavy atom. The number of hydrogen-bond acceptors (Lipinski definition) is 2. The molecule has 2 aromatic carbocycles. The van der Waals surface area contributed by atoms with Crippen LogP contribution in [0.3, 0.4) is 0 Å². The molecule has 0 aliphatic rings. The van der Waals surface area contributed by atoms with Gasteiger partial charge in [0.1, 0.15) is 12.4 Å². The summed E-state index contributed by atoms with van der Waals surface area (Å²) in [5.41, 5.74) is 2.25. The quantitative estimate of drug-likeness (QED) is 0.738. The molecule has 2 aromatic rings. The van der Waals surface area contributed by atoms with Crippen molar-refractivity contribution in [1.29, 1.82) is 0 Å². The van der Waals surface area contributed by atoms with Gasteiger partial charge >= 0.3 is 0 Å². The third-order valence-corrected chi connectivity index (χ3v) is 2.57. The van der Waals surface area contributed by atoms with Crippen LogP contribution in [0.1, 0.15) is 11.1 Å². The van der Waals surface area contributed by atoms with Gasteiger partial charge in [-0.2, -0.15) is 0 Å². The van der Waals surface area contributed by atoms with Crippen LogP contribution in [0.5, 0.6) is 5.75 Å². The standard InChI is InChI=1S/C16H16O2/c1-17-16-9-7-14(8-10-16)11-12-18-13-15-5-3-2-4-6-15/h2-12H,13H2,1H3/b12-11+. The molecule has 0 radical (unpaired) electrons. The lowest BCUT2D eigenvalue weighted by molar-refractivity contribution is 0.239. The van der Waals surface area contributed by atoms with Crippen LogP contribution < -0.4 is 4.74 Å². The Morgan fingerprint density at radius 3 is 2.33 bits per heavy atom. The molecule has 2 rings (SSSR count). The summed E-state index contributed by atoms with van der Waals surface area (Å²) < 4.78 is 10.6. The SMILES string of the molecule is COc1ccc(/C=C/OCc2ccccc2)cc1. The van der Waals surface area contributed by atoms with E-state index in [4.69, 9.17) is 9.47 Å². The van der Waals surface area contributed by atoms with E-state index in [9.17, 15) is 0 Å². The topological polar surface area (TPSA) is 18.5 Å². The number of rotatable bonds is 5. The molecule has 0 aliphatic carbocycles. The first-order valence-electron chi connectivity index (χ1n) is 5.84. The molecule has 0 N–H and O–H groups in total. The van der Waals surface area contributed by atoms with Crippen LogP contribution in [0.4, 0.5) is 0 Å². The Hall–Kier alpha value is -2.22. The molecule has 0 amide bonds. The van der Waals surface area contributed by atoms with E-state index in [1.54, 1.807) is 13.4 Å². The average molecular weight is 240 g/mol. The van der Waals surface area contributed by atoms with Gasteiger partial charge in [-0.25, -0.2) is 0 Å². The van der Waals surface area contributed by atoms with Crippen LogP contribution in [-0.2, 0) is 11.3 Å².